The van der Waals surface area contributed by atoms with Gasteiger partial charge in [0, 0.05) is 3.81 Å². The summed E-state index contributed by atoms with van der Waals surface area (Å²) in [5.74, 6) is 0. The fourth-order valence-electron chi connectivity index (χ4n) is 0.189. The lowest BCUT2D eigenvalue weighted by Crippen LogP contribution is -1.55. The molecule has 0 saturated heterocycles. The molecule has 0 aliphatic rings. The van der Waals surface area contributed by atoms with Crippen molar-refractivity contribution in [2.75, 3.05) is 0 Å². The standard InChI is InChI=1S/C5H7BrS.C2H6/c1-4(2)7-5(3)6;1-2/h1,3H2,2H3;1-2H3. The van der Waals surface area contributed by atoms with E-state index in [0.717, 1.165) is 8.72 Å². The van der Waals surface area contributed by atoms with E-state index in [-0.39, 0.29) is 0 Å². The van der Waals surface area contributed by atoms with Crippen LogP contribution in [0.25, 0.3) is 0 Å². The van der Waals surface area contributed by atoms with Crippen LogP contribution in [0, 0.1) is 0 Å². The van der Waals surface area contributed by atoms with Gasteiger partial charge in [-0.15, -0.1) is 0 Å². The average molecular weight is 209 g/mol. The third-order valence-corrected chi connectivity index (χ3v) is 1.34. The molecule has 9 heavy (non-hydrogen) atoms. The lowest BCUT2D eigenvalue weighted by atomic mass is 10.8. The number of allylic oxidation sites excluding steroid dienone is 1. The first kappa shape index (κ1) is 12.0. The SMILES string of the molecule is C=C(C)SC(=C)Br.CC. The first-order valence-electron chi connectivity index (χ1n) is 2.80. The second-order valence-electron chi connectivity index (χ2n) is 1.16. The summed E-state index contributed by atoms with van der Waals surface area (Å²) in [5.41, 5.74) is 0. The van der Waals surface area contributed by atoms with Gasteiger partial charge in [-0.1, -0.05) is 38.8 Å². The Labute approximate surface area is 70.5 Å². The Morgan fingerprint density at radius 3 is 1.67 bits per heavy atom. The van der Waals surface area contributed by atoms with Crippen LogP contribution < -0.4 is 0 Å². The van der Waals surface area contributed by atoms with Crippen molar-refractivity contribution >= 4 is 27.7 Å². The van der Waals surface area contributed by atoms with Gasteiger partial charge in [0.05, 0.1) is 0 Å². The lowest BCUT2D eigenvalue weighted by Gasteiger charge is -1.90. The minimum Gasteiger partial charge on any atom is -0.0894 e. The van der Waals surface area contributed by atoms with E-state index in [1.807, 2.05) is 20.8 Å². The summed E-state index contributed by atoms with van der Waals surface area (Å²) in [4.78, 5) is 1.06. The summed E-state index contributed by atoms with van der Waals surface area (Å²) < 4.78 is 0.917. The van der Waals surface area contributed by atoms with Gasteiger partial charge in [0.1, 0.15) is 0 Å². The zero-order valence-electron chi connectivity index (χ0n) is 6.20. The molecule has 0 saturated carbocycles. The van der Waals surface area contributed by atoms with Gasteiger partial charge in [-0.05, 0) is 27.8 Å². The first-order chi connectivity index (χ1) is 4.13. The third kappa shape index (κ3) is 17.8. The Morgan fingerprint density at radius 1 is 1.33 bits per heavy atom. The van der Waals surface area contributed by atoms with Gasteiger partial charge in [0.25, 0.3) is 0 Å². The zero-order chi connectivity index (χ0) is 7.86. The highest BCUT2D eigenvalue weighted by atomic mass is 79.9. The summed E-state index contributed by atoms with van der Waals surface area (Å²) in [6.07, 6.45) is 0. The summed E-state index contributed by atoms with van der Waals surface area (Å²) >= 11 is 4.72. The van der Waals surface area contributed by atoms with Crippen molar-refractivity contribution < 1.29 is 0 Å². The van der Waals surface area contributed by atoms with Crippen LogP contribution >= 0.6 is 27.7 Å². The minimum atomic E-state index is 0.917. The molecule has 0 aromatic heterocycles. The number of hydrogen-bond acceptors (Lipinski definition) is 1. The largest absolute Gasteiger partial charge is 0.0894 e. The van der Waals surface area contributed by atoms with Gasteiger partial charge in [0.15, 0.2) is 0 Å². The Bertz CT molecular complexity index is 85.1. The molecule has 0 radical (unpaired) electrons. The van der Waals surface area contributed by atoms with E-state index >= 15 is 0 Å². The molecule has 0 aromatic carbocycles. The second kappa shape index (κ2) is 8.31. The van der Waals surface area contributed by atoms with Gasteiger partial charge in [-0.25, -0.2) is 0 Å². The van der Waals surface area contributed by atoms with E-state index in [9.17, 15) is 0 Å². The Morgan fingerprint density at radius 2 is 1.67 bits per heavy atom. The van der Waals surface area contributed by atoms with Gasteiger partial charge in [0.2, 0.25) is 0 Å². The van der Waals surface area contributed by atoms with Crippen molar-refractivity contribution in [1.29, 1.82) is 0 Å². The molecule has 0 spiro atoms. The summed E-state index contributed by atoms with van der Waals surface area (Å²) in [6.45, 7) is 13.2. The lowest BCUT2D eigenvalue weighted by molar-refractivity contribution is 1.50. The van der Waals surface area contributed by atoms with E-state index < -0.39 is 0 Å². The molecule has 0 aliphatic heterocycles. The molecular formula is C7H13BrS. The summed E-state index contributed by atoms with van der Waals surface area (Å²) in [7, 11) is 0. The number of thioether (sulfide) groups is 1. The van der Waals surface area contributed by atoms with Crippen LogP contribution in [0.2, 0.25) is 0 Å². The maximum Gasteiger partial charge on any atom is 0.0476 e. The molecule has 0 unspecified atom stereocenters. The number of hydrogen-bond donors (Lipinski definition) is 0. The molecule has 0 nitrogen and oxygen atoms in total. The van der Waals surface area contributed by atoms with Crippen molar-refractivity contribution in [1.82, 2.24) is 0 Å². The molecule has 0 bridgehead atoms. The first-order valence-corrected chi connectivity index (χ1v) is 4.41. The highest BCUT2D eigenvalue weighted by Gasteiger charge is 1.85. The highest BCUT2D eigenvalue weighted by molar-refractivity contribution is 9.14. The molecule has 0 amide bonds. The van der Waals surface area contributed by atoms with Crippen LogP contribution in [-0.2, 0) is 0 Å². The van der Waals surface area contributed by atoms with Crippen molar-refractivity contribution in [3.8, 4) is 0 Å². The second-order valence-corrected chi connectivity index (χ2v) is 4.04. The molecule has 0 aliphatic carbocycles. The summed E-state index contributed by atoms with van der Waals surface area (Å²) in [6, 6.07) is 0. The minimum absolute atomic E-state index is 0.917. The molecular weight excluding hydrogens is 196 g/mol. The van der Waals surface area contributed by atoms with Crippen LogP contribution in [0.4, 0.5) is 0 Å². The predicted molar refractivity (Wildman–Crippen MR) is 51.8 cm³/mol. The van der Waals surface area contributed by atoms with Crippen molar-refractivity contribution in [3.05, 3.63) is 21.9 Å². The van der Waals surface area contributed by atoms with Gasteiger partial charge in [-0.2, -0.15) is 0 Å². The zero-order valence-corrected chi connectivity index (χ0v) is 8.60. The molecule has 0 atom stereocenters. The highest BCUT2D eigenvalue weighted by Crippen LogP contribution is 2.25. The normalized spacial score (nSPS) is 7.11. The fraction of sp³-hybridized carbons (Fsp3) is 0.429. The third-order valence-electron chi connectivity index (χ3n) is 0.285. The van der Waals surface area contributed by atoms with Crippen LogP contribution in [0.5, 0.6) is 0 Å². The molecule has 0 heterocycles. The van der Waals surface area contributed by atoms with E-state index in [1.54, 1.807) is 0 Å². The molecule has 0 rings (SSSR count). The topological polar surface area (TPSA) is 0 Å². The smallest absolute Gasteiger partial charge is 0.0476 e. The Kier molecular flexibility index (Phi) is 11.1. The monoisotopic (exact) mass is 208 g/mol. The van der Waals surface area contributed by atoms with E-state index in [1.165, 1.54) is 11.8 Å². The Hall–Kier alpha value is 0.310. The quantitative estimate of drug-likeness (QED) is 0.658. The van der Waals surface area contributed by atoms with E-state index in [4.69, 9.17) is 0 Å². The number of halogens is 1. The maximum atomic E-state index is 3.67. The average Bonchev–Trinajstić information content (AvgIpc) is 1.68. The summed E-state index contributed by atoms with van der Waals surface area (Å²) in [5, 5.41) is 0. The molecule has 0 N–H and O–H groups in total. The predicted octanol–water partition coefficient (Wildman–Crippen LogP) is 4.15. The van der Waals surface area contributed by atoms with E-state index in [0.29, 0.717) is 0 Å². The van der Waals surface area contributed by atoms with Crippen LogP contribution in [-0.4, -0.2) is 0 Å². The van der Waals surface area contributed by atoms with Crippen LogP contribution in [0.1, 0.15) is 20.8 Å². The van der Waals surface area contributed by atoms with Crippen molar-refractivity contribution in [2.45, 2.75) is 20.8 Å². The maximum absolute atomic E-state index is 3.67. The molecule has 0 fully saturated rings. The van der Waals surface area contributed by atoms with Crippen LogP contribution in [0.15, 0.2) is 21.9 Å². The van der Waals surface area contributed by atoms with Crippen molar-refractivity contribution in [2.24, 2.45) is 0 Å². The molecule has 0 aromatic rings. The van der Waals surface area contributed by atoms with Crippen molar-refractivity contribution in [3.63, 3.8) is 0 Å². The number of rotatable bonds is 2. The fourth-order valence-corrected chi connectivity index (χ4v) is 1.40. The Balaban J connectivity index is 0. The van der Waals surface area contributed by atoms with Crippen LogP contribution in [0.3, 0.4) is 0 Å². The van der Waals surface area contributed by atoms with E-state index in [2.05, 4.69) is 29.1 Å². The van der Waals surface area contributed by atoms with Gasteiger partial charge < -0.3 is 0 Å². The van der Waals surface area contributed by atoms with Gasteiger partial charge in [-0.3, -0.25) is 0 Å². The molecule has 54 valence electrons. The van der Waals surface area contributed by atoms with Gasteiger partial charge >= 0.3 is 0 Å². The molecule has 2 heteroatoms.